The van der Waals surface area contributed by atoms with Crippen LogP contribution in [0.25, 0.3) is 0 Å². The Morgan fingerprint density at radius 3 is 2.82 bits per heavy atom. The van der Waals surface area contributed by atoms with Gasteiger partial charge < -0.3 is 10.2 Å². The topological polar surface area (TPSA) is 45.2 Å². The van der Waals surface area contributed by atoms with Crippen LogP contribution >= 0.6 is 0 Å². The highest BCUT2D eigenvalue weighted by Gasteiger charge is 2.14. The van der Waals surface area contributed by atoms with Crippen molar-refractivity contribution in [3.8, 4) is 0 Å². The molecule has 1 rings (SSSR count). The predicted molar refractivity (Wildman–Crippen MR) is 65.4 cm³/mol. The average Bonchev–Trinajstić information content (AvgIpc) is 2.26. The second kappa shape index (κ2) is 6.18. The van der Waals surface area contributed by atoms with Gasteiger partial charge in [0.25, 0.3) is 0 Å². The van der Waals surface area contributed by atoms with Crippen LogP contribution < -0.4 is 10.2 Å². The lowest BCUT2D eigenvalue weighted by molar-refractivity contribution is -0.120. The van der Waals surface area contributed by atoms with Crippen LogP contribution in [0.1, 0.15) is 20.8 Å². The van der Waals surface area contributed by atoms with E-state index in [1.807, 2.05) is 20.8 Å². The fraction of sp³-hybridized carbons (Fsp3) is 0.500. The molecule has 0 aliphatic carbocycles. The number of aromatic nitrogens is 1. The fourth-order valence-electron chi connectivity index (χ4n) is 1.49. The van der Waals surface area contributed by atoms with Gasteiger partial charge in [0, 0.05) is 18.8 Å². The smallest absolute Gasteiger partial charge is 0.239 e. The zero-order chi connectivity index (χ0) is 12.8. The highest BCUT2D eigenvalue weighted by molar-refractivity contribution is 5.81. The zero-order valence-corrected chi connectivity index (χ0v) is 10.4. The first kappa shape index (κ1) is 13.4. The molecule has 0 saturated carbocycles. The van der Waals surface area contributed by atoms with Crippen molar-refractivity contribution in [1.82, 2.24) is 10.3 Å². The molecule has 0 atom stereocenters. The highest BCUT2D eigenvalue weighted by Crippen LogP contribution is 2.14. The van der Waals surface area contributed by atoms with Crippen LogP contribution in [0, 0.1) is 5.82 Å². The van der Waals surface area contributed by atoms with E-state index in [1.165, 1.54) is 18.3 Å². The van der Waals surface area contributed by atoms with E-state index in [0.29, 0.717) is 6.54 Å². The molecule has 0 radical (unpaired) electrons. The van der Waals surface area contributed by atoms with Crippen LogP contribution in [0.4, 0.5) is 10.2 Å². The number of nitrogens with zero attached hydrogens (tertiary/aromatic N) is 2. The summed E-state index contributed by atoms with van der Waals surface area (Å²) in [5.41, 5.74) is 0. The lowest BCUT2D eigenvalue weighted by Gasteiger charge is -2.22. The summed E-state index contributed by atoms with van der Waals surface area (Å²) in [4.78, 5) is 17.2. The Morgan fingerprint density at radius 1 is 1.59 bits per heavy atom. The third kappa shape index (κ3) is 4.01. The average molecular weight is 239 g/mol. The Labute approximate surface area is 101 Å². The van der Waals surface area contributed by atoms with Gasteiger partial charge in [0.15, 0.2) is 11.6 Å². The standard InChI is InChI=1S/C12H18FN3O/c1-4-16(8-11(17)15-9(2)3)12-10(13)6-5-7-14-12/h5-7,9H,4,8H2,1-3H3,(H,15,17). The van der Waals surface area contributed by atoms with E-state index < -0.39 is 5.82 Å². The second-order valence-electron chi connectivity index (χ2n) is 4.05. The number of anilines is 1. The van der Waals surface area contributed by atoms with Crippen molar-refractivity contribution in [2.75, 3.05) is 18.0 Å². The van der Waals surface area contributed by atoms with Gasteiger partial charge in [-0.15, -0.1) is 0 Å². The lowest BCUT2D eigenvalue weighted by Crippen LogP contribution is -2.40. The number of amides is 1. The number of carbonyl (C=O) groups is 1. The SMILES string of the molecule is CCN(CC(=O)NC(C)C)c1ncccc1F. The van der Waals surface area contributed by atoms with E-state index in [9.17, 15) is 9.18 Å². The van der Waals surface area contributed by atoms with Crippen LogP contribution in [0.5, 0.6) is 0 Å². The van der Waals surface area contributed by atoms with Crippen molar-refractivity contribution in [3.63, 3.8) is 0 Å². The van der Waals surface area contributed by atoms with Crippen LogP contribution in [0.3, 0.4) is 0 Å². The maximum atomic E-state index is 13.5. The largest absolute Gasteiger partial charge is 0.352 e. The molecule has 1 amide bonds. The van der Waals surface area contributed by atoms with Gasteiger partial charge in [0.05, 0.1) is 6.54 Å². The lowest BCUT2D eigenvalue weighted by atomic mass is 10.3. The molecule has 94 valence electrons. The summed E-state index contributed by atoms with van der Waals surface area (Å²) in [5, 5.41) is 2.77. The molecule has 0 aliphatic heterocycles. The van der Waals surface area contributed by atoms with Crippen molar-refractivity contribution in [2.45, 2.75) is 26.8 Å². The van der Waals surface area contributed by atoms with Crippen molar-refractivity contribution in [3.05, 3.63) is 24.1 Å². The Balaban J connectivity index is 2.73. The number of carbonyl (C=O) groups excluding carboxylic acids is 1. The monoisotopic (exact) mass is 239 g/mol. The Bertz CT molecular complexity index is 382. The summed E-state index contributed by atoms with van der Waals surface area (Å²) in [6.45, 7) is 6.27. The first-order valence-corrected chi connectivity index (χ1v) is 5.69. The molecule has 0 aromatic carbocycles. The van der Waals surface area contributed by atoms with Crippen molar-refractivity contribution < 1.29 is 9.18 Å². The molecule has 0 bridgehead atoms. The minimum Gasteiger partial charge on any atom is -0.352 e. The molecule has 1 heterocycles. The van der Waals surface area contributed by atoms with Gasteiger partial charge in [-0.05, 0) is 32.9 Å². The van der Waals surface area contributed by atoms with Crippen molar-refractivity contribution in [1.29, 1.82) is 0 Å². The number of nitrogens with one attached hydrogen (secondary N) is 1. The van der Waals surface area contributed by atoms with Gasteiger partial charge in [-0.3, -0.25) is 4.79 Å². The first-order chi connectivity index (χ1) is 8.04. The van der Waals surface area contributed by atoms with Gasteiger partial charge >= 0.3 is 0 Å². The highest BCUT2D eigenvalue weighted by atomic mass is 19.1. The molecule has 1 N–H and O–H groups in total. The van der Waals surface area contributed by atoms with Crippen LogP contribution in [0.15, 0.2) is 18.3 Å². The van der Waals surface area contributed by atoms with Gasteiger partial charge in [0.2, 0.25) is 5.91 Å². The predicted octanol–water partition coefficient (Wildman–Crippen LogP) is 1.57. The van der Waals surface area contributed by atoms with E-state index in [-0.39, 0.29) is 24.3 Å². The fourth-order valence-corrected chi connectivity index (χ4v) is 1.49. The van der Waals surface area contributed by atoms with E-state index in [0.717, 1.165) is 0 Å². The molecule has 17 heavy (non-hydrogen) atoms. The third-order valence-corrected chi connectivity index (χ3v) is 2.20. The maximum Gasteiger partial charge on any atom is 0.239 e. The van der Waals surface area contributed by atoms with Crippen LogP contribution in [-0.2, 0) is 4.79 Å². The Morgan fingerprint density at radius 2 is 2.29 bits per heavy atom. The quantitative estimate of drug-likeness (QED) is 0.848. The number of hydrogen-bond acceptors (Lipinski definition) is 3. The summed E-state index contributed by atoms with van der Waals surface area (Å²) >= 11 is 0. The summed E-state index contributed by atoms with van der Waals surface area (Å²) in [6, 6.07) is 2.95. The molecule has 0 fully saturated rings. The van der Waals surface area contributed by atoms with Crippen molar-refractivity contribution >= 4 is 11.7 Å². The molecule has 0 unspecified atom stereocenters. The van der Waals surface area contributed by atoms with E-state index in [1.54, 1.807) is 4.90 Å². The molecule has 1 aromatic rings. The maximum absolute atomic E-state index is 13.5. The minimum atomic E-state index is -0.410. The molecule has 1 aromatic heterocycles. The van der Waals surface area contributed by atoms with Crippen molar-refractivity contribution in [2.24, 2.45) is 0 Å². The molecule has 5 heteroatoms. The first-order valence-electron chi connectivity index (χ1n) is 5.69. The minimum absolute atomic E-state index is 0.0785. The number of likely N-dealkylation sites (N-methyl/N-ethyl adjacent to an activating group) is 1. The van der Waals surface area contributed by atoms with Crippen LogP contribution in [0.2, 0.25) is 0 Å². The Kier molecular flexibility index (Phi) is 4.87. The van der Waals surface area contributed by atoms with E-state index in [2.05, 4.69) is 10.3 Å². The zero-order valence-electron chi connectivity index (χ0n) is 10.4. The normalized spacial score (nSPS) is 10.4. The summed E-state index contributed by atoms with van der Waals surface area (Å²) in [7, 11) is 0. The molecule has 0 aliphatic rings. The van der Waals surface area contributed by atoms with E-state index >= 15 is 0 Å². The van der Waals surface area contributed by atoms with Crippen LogP contribution in [-0.4, -0.2) is 30.0 Å². The number of halogens is 1. The molecule has 0 saturated heterocycles. The van der Waals surface area contributed by atoms with Gasteiger partial charge in [0.1, 0.15) is 0 Å². The van der Waals surface area contributed by atoms with Gasteiger partial charge in [-0.2, -0.15) is 0 Å². The van der Waals surface area contributed by atoms with Gasteiger partial charge in [-0.25, -0.2) is 9.37 Å². The molecular formula is C12H18FN3O. The second-order valence-corrected chi connectivity index (χ2v) is 4.05. The summed E-state index contributed by atoms with van der Waals surface area (Å²) in [5.74, 6) is -0.326. The number of rotatable bonds is 5. The summed E-state index contributed by atoms with van der Waals surface area (Å²) in [6.07, 6.45) is 1.52. The number of hydrogen-bond donors (Lipinski definition) is 1. The molecular weight excluding hydrogens is 221 g/mol. The van der Waals surface area contributed by atoms with E-state index in [4.69, 9.17) is 0 Å². The Hall–Kier alpha value is -1.65. The van der Waals surface area contributed by atoms with Gasteiger partial charge in [-0.1, -0.05) is 0 Å². The summed E-state index contributed by atoms with van der Waals surface area (Å²) < 4.78 is 13.5. The third-order valence-electron chi connectivity index (χ3n) is 2.20. The molecule has 4 nitrogen and oxygen atoms in total. The number of pyridine rings is 1. The molecule has 0 spiro atoms.